The fourth-order valence-corrected chi connectivity index (χ4v) is 3.80. The molecule has 37 heavy (non-hydrogen) atoms. The van der Waals surface area contributed by atoms with E-state index in [0.717, 1.165) is 6.07 Å². The van der Waals surface area contributed by atoms with E-state index in [9.17, 15) is 14.0 Å². The van der Waals surface area contributed by atoms with Crippen LogP contribution >= 0.6 is 11.6 Å². The lowest BCUT2D eigenvalue weighted by Crippen LogP contribution is -2.23. The first-order chi connectivity index (χ1) is 18.0. The fraction of sp³-hybridized carbons (Fsp3) is 0.0385. The van der Waals surface area contributed by atoms with Gasteiger partial charge in [-0.2, -0.15) is 5.10 Å². The van der Waals surface area contributed by atoms with Gasteiger partial charge in [0.15, 0.2) is 11.5 Å². The Morgan fingerprint density at radius 1 is 0.973 bits per heavy atom. The van der Waals surface area contributed by atoms with E-state index in [1.54, 1.807) is 48.5 Å². The van der Waals surface area contributed by atoms with Crippen LogP contribution in [0.3, 0.4) is 0 Å². The molecule has 2 N–H and O–H groups in total. The number of nitrogens with zero attached hydrogens (tertiary/aromatic N) is 4. The molecule has 0 bridgehead atoms. The zero-order valence-corrected chi connectivity index (χ0v) is 19.8. The molecule has 3 aromatic heterocycles. The molecule has 0 aliphatic rings. The number of para-hydroxylation sites is 1. The van der Waals surface area contributed by atoms with Crippen molar-refractivity contribution in [1.82, 2.24) is 25.2 Å². The van der Waals surface area contributed by atoms with E-state index in [0.29, 0.717) is 17.1 Å². The standard InChI is InChI=1S/C26H18ClFN6O3/c27-20-13-21(28)19(22-8-4-5-10-29-22)12-18(20)25(35)32-24-14-23(26(36)30-15-17-9-11-31-37-17)33-34(24)16-6-2-1-3-7-16/h1-14H,15H2,(H,30,36)(H,32,35). The first-order valence-corrected chi connectivity index (χ1v) is 11.4. The number of anilines is 1. The average Bonchev–Trinajstić information content (AvgIpc) is 3.59. The first kappa shape index (κ1) is 23.9. The van der Waals surface area contributed by atoms with Gasteiger partial charge >= 0.3 is 0 Å². The summed E-state index contributed by atoms with van der Waals surface area (Å²) in [7, 11) is 0. The quantitative estimate of drug-likeness (QED) is 0.318. The maximum Gasteiger partial charge on any atom is 0.272 e. The molecule has 0 fully saturated rings. The van der Waals surface area contributed by atoms with Crippen molar-refractivity contribution in [2.45, 2.75) is 6.54 Å². The Morgan fingerprint density at radius 3 is 2.51 bits per heavy atom. The highest BCUT2D eigenvalue weighted by atomic mass is 35.5. The summed E-state index contributed by atoms with van der Waals surface area (Å²) in [6.07, 6.45) is 3.00. The van der Waals surface area contributed by atoms with Crippen LogP contribution in [0.1, 0.15) is 26.6 Å². The highest BCUT2D eigenvalue weighted by Crippen LogP contribution is 2.28. The molecule has 5 rings (SSSR count). The molecule has 0 atom stereocenters. The van der Waals surface area contributed by atoms with E-state index in [4.69, 9.17) is 16.1 Å². The third-order valence-corrected chi connectivity index (χ3v) is 5.65. The molecule has 0 spiro atoms. The van der Waals surface area contributed by atoms with Crippen LogP contribution in [0.25, 0.3) is 16.9 Å². The molecule has 0 saturated carbocycles. The molecule has 0 radical (unpaired) electrons. The Kier molecular flexibility index (Phi) is 6.73. The molecule has 2 aromatic carbocycles. The van der Waals surface area contributed by atoms with Gasteiger partial charge in [0.25, 0.3) is 11.8 Å². The number of pyridine rings is 1. The van der Waals surface area contributed by atoms with Crippen molar-refractivity contribution in [3.63, 3.8) is 0 Å². The van der Waals surface area contributed by atoms with Gasteiger partial charge in [-0.3, -0.25) is 14.6 Å². The predicted octanol–water partition coefficient (Wildman–Crippen LogP) is 4.90. The van der Waals surface area contributed by atoms with Crippen LogP contribution in [0.2, 0.25) is 5.02 Å². The summed E-state index contributed by atoms with van der Waals surface area (Å²) < 4.78 is 21.0. The maximum atomic E-state index is 14.6. The van der Waals surface area contributed by atoms with E-state index in [2.05, 4.69) is 25.9 Å². The minimum Gasteiger partial charge on any atom is -0.360 e. The van der Waals surface area contributed by atoms with E-state index in [1.165, 1.54) is 29.2 Å². The second-order valence-electron chi connectivity index (χ2n) is 7.80. The fourth-order valence-electron chi connectivity index (χ4n) is 3.56. The lowest BCUT2D eigenvalue weighted by Gasteiger charge is -2.11. The van der Waals surface area contributed by atoms with Gasteiger partial charge in [-0.25, -0.2) is 9.07 Å². The normalized spacial score (nSPS) is 10.8. The number of carbonyl (C=O) groups is 2. The first-order valence-electron chi connectivity index (χ1n) is 11.0. The van der Waals surface area contributed by atoms with Crippen LogP contribution < -0.4 is 10.6 Å². The van der Waals surface area contributed by atoms with Crippen molar-refractivity contribution in [1.29, 1.82) is 0 Å². The van der Waals surface area contributed by atoms with Gasteiger partial charge in [0.05, 0.1) is 34.7 Å². The van der Waals surface area contributed by atoms with E-state index in [-0.39, 0.29) is 34.2 Å². The lowest BCUT2D eigenvalue weighted by molar-refractivity contribution is 0.0941. The Morgan fingerprint density at radius 2 is 1.78 bits per heavy atom. The molecule has 0 aliphatic heterocycles. The van der Waals surface area contributed by atoms with Crippen molar-refractivity contribution < 1.29 is 18.5 Å². The molecule has 11 heteroatoms. The van der Waals surface area contributed by atoms with Gasteiger partial charge < -0.3 is 15.2 Å². The van der Waals surface area contributed by atoms with Crippen LogP contribution in [0, 0.1) is 5.82 Å². The molecule has 2 amide bonds. The summed E-state index contributed by atoms with van der Waals surface area (Å²) in [6.45, 7) is 0.111. The third-order valence-electron chi connectivity index (χ3n) is 5.34. The van der Waals surface area contributed by atoms with Crippen LogP contribution in [0.15, 0.2) is 89.7 Å². The largest absolute Gasteiger partial charge is 0.360 e. The zero-order valence-electron chi connectivity index (χ0n) is 19.1. The number of carbonyl (C=O) groups excluding carboxylic acids is 2. The van der Waals surface area contributed by atoms with Gasteiger partial charge in [-0.05, 0) is 36.4 Å². The van der Waals surface area contributed by atoms with E-state index >= 15 is 0 Å². The number of aromatic nitrogens is 4. The molecule has 0 saturated heterocycles. The van der Waals surface area contributed by atoms with Crippen LogP contribution in [0.4, 0.5) is 10.2 Å². The smallest absolute Gasteiger partial charge is 0.272 e. The number of benzene rings is 2. The molecule has 3 heterocycles. The Hall–Kier alpha value is -4.83. The van der Waals surface area contributed by atoms with Crippen molar-refractivity contribution in [3.8, 4) is 16.9 Å². The summed E-state index contributed by atoms with van der Waals surface area (Å²) in [5.74, 6) is -1.04. The Bertz CT molecular complexity index is 1560. The van der Waals surface area contributed by atoms with Gasteiger partial charge in [0.2, 0.25) is 0 Å². The topological polar surface area (TPSA) is 115 Å². The van der Waals surface area contributed by atoms with Crippen molar-refractivity contribution in [2.75, 3.05) is 5.32 Å². The Balaban J connectivity index is 1.46. The van der Waals surface area contributed by atoms with Crippen molar-refractivity contribution in [2.24, 2.45) is 0 Å². The second kappa shape index (κ2) is 10.4. The number of halogens is 2. The molecular weight excluding hydrogens is 499 g/mol. The second-order valence-corrected chi connectivity index (χ2v) is 8.21. The lowest BCUT2D eigenvalue weighted by atomic mass is 10.1. The summed E-state index contributed by atoms with van der Waals surface area (Å²) in [4.78, 5) is 30.2. The van der Waals surface area contributed by atoms with Crippen molar-refractivity contribution >= 4 is 29.2 Å². The number of rotatable bonds is 7. The highest BCUT2D eigenvalue weighted by molar-refractivity contribution is 6.34. The van der Waals surface area contributed by atoms with E-state index < -0.39 is 17.6 Å². The van der Waals surface area contributed by atoms with Crippen LogP contribution in [-0.4, -0.2) is 31.7 Å². The summed E-state index contributed by atoms with van der Waals surface area (Å²) >= 11 is 6.23. The predicted molar refractivity (Wildman–Crippen MR) is 134 cm³/mol. The van der Waals surface area contributed by atoms with Crippen LogP contribution in [-0.2, 0) is 6.54 Å². The van der Waals surface area contributed by atoms with Crippen molar-refractivity contribution in [3.05, 3.63) is 113 Å². The Labute approximate surface area is 214 Å². The number of amides is 2. The van der Waals surface area contributed by atoms with Gasteiger partial charge in [0, 0.05) is 23.9 Å². The molecule has 5 aromatic rings. The summed E-state index contributed by atoms with van der Waals surface area (Å²) in [5.41, 5.74) is 1.16. The third kappa shape index (κ3) is 5.24. The minimum atomic E-state index is -0.618. The monoisotopic (exact) mass is 516 g/mol. The minimum absolute atomic E-state index is 0.0286. The number of hydrogen-bond acceptors (Lipinski definition) is 6. The SMILES string of the molecule is O=C(NCc1ccno1)c1cc(NC(=O)c2cc(-c3ccccn3)c(F)cc2Cl)n(-c2ccccc2)n1. The molecule has 0 aliphatic carbocycles. The summed E-state index contributed by atoms with van der Waals surface area (Å²) in [5, 5.41) is 13.3. The summed E-state index contributed by atoms with van der Waals surface area (Å²) in [6, 6.07) is 19.4. The zero-order chi connectivity index (χ0) is 25.8. The highest BCUT2D eigenvalue weighted by Gasteiger charge is 2.21. The van der Waals surface area contributed by atoms with Gasteiger partial charge in [-0.15, -0.1) is 0 Å². The molecule has 9 nitrogen and oxygen atoms in total. The van der Waals surface area contributed by atoms with Gasteiger partial charge in [-0.1, -0.05) is 41.0 Å². The molecule has 0 unspecified atom stereocenters. The number of nitrogens with one attached hydrogen (secondary N) is 2. The van der Waals surface area contributed by atoms with Crippen LogP contribution in [0.5, 0.6) is 0 Å². The maximum absolute atomic E-state index is 14.6. The molecular formula is C26H18ClFN6O3. The number of hydrogen-bond donors (Lipinski definition) is 2. The van der Waals surface area contributed by atoms with E-state index in [1.807, 2.05) is 6.07 Å². The average molecular weight is 517 g/mol. The van der Waals surface area contributed by atoms with Gasteiger partial charge in [0.1, 0.15) is 11.6 Å². The molecule has 184 valence electrons.